The SMILES string of the molecule is C[C@@H](NP(=O)(OC[C@H]1O[C@@H](n2ccc(=O)[nH]c2=O)[C@@H](O)[C@@H]1O)Oc1ccccc1)C(=O)OCc1ccccc1. The van der Waals surface area contributed by atoms with Crippen LogP contribution >= 0.6 is 7.75 Å². The van der Waals surface area contributed by atoms with Crippen molar-refractivity contribution in [2.45, 2.75) is 44.1 Å². The van der Waals surface area contributed by atoms with E-state index in [1.54, 1.807) is 42.5 Å². The molecule has 2 aromatic carbocycles. The van der Waals surface area contributed by atoms with Crippen LogP contribution in [0, 0.1) is 0 Å². The first-order valence-electron chi connectivity index (χ1n) is 12.0. The molecule has 1 aliphatic rings. The number of H-pyrrole nitrogens is 1. The van der Waals surface area contributed by atoms with E-state index in [0.29, 0.717) is 0 Å². The number of hydrogen-bond acceptors (Lipinski definition) is 10. The summed E-state index contributed by atoms with van der Waals surface area (Å²) in [5.74, 6) is -0.548. The van der Waals surface area contributed by atoms with Gasteiger partial charge in [-0.2, -0.15) is 5.09 Å². The van der Waals surface area contributed by atoms with E-state index in [1.165, 1.54) is 19.1 Å². The average molecular weight is 561 g/mol. The molecule has 0 radical (unpaired) electrons. The van der Waals surface area contributed by atoms with Gasteiger partial charge < -0.3 is 24.2 Å². The van der Waals surface area contributed by atoms with E-state index < -0.39 is 62.2 Å². The molecule has 1 aromatic heterocycles. The number of aliphatic hydroxyl groups excluding tert-OH is 2. The van der Waals surface area contributed by atoms with E-state index in [1.807, 2.05) is 11.1 Å². The Kier molecular flexibility index (Phi) is 9.12. The number of esters is 1. The number of nitrogens with zero attached hydrogens (tertiary/aromatic N) is 1. The van der Waals surface area contributed by atoms with Crippen molar-refractivity contribution >= 4 is 13.7 Å². The Morgan fingerprint density at radius 3 is 2.41 bits per heavy atom. The molecule has 6 atom stereocenters. The summed E-state index contributed by atoms with van der Waals surface area (Å²) in [6, 6.07) is 17.0. The summed E-state index contributed by atoms with van der Waals surface area (Å²) in [5, 5.41) is 23.5. The number of aromatic amines is 1. The fourth-order valence-corrected chi connectivity index (χ4v) is 5.25. The van der Waals surface area contributed by atoms with Gasteiger partial charge in [-0.1, -0.05) is 48.5 Å². The molecule has 14 heteroatoms. The van der Waals surface area contributed by atoms with E-state index in [4.69, 9.17) is 18.5 Å². The Morgan fingerprint density at radius 1 is 1.08 bits per heavy atom. The number of aliphatic hydroxyl groups is 2. The lowest BCUT2D eigenvalue weighted by atomic mass is 10.1. The zero-order valence-corrected chi connectivity index (χ0v) is 21.7. The van der Waals surface area contributed by atoms with Crippen LogP contribution in [0.15, 0.2) is 82.5 Å². The molecule has 4 rings (SSSR count). The van der Waals surface area contributed by atoms with Crippen LogP contribution in [-0.2, 0) is 30.0 Å². The first kappa shape index (κ1) is 28.4. The molecule has 0 saturated carbocycles. The van der Waals surface area contributed by atoms with Crippen molar-refractivity contribution in [3.05, 3.63) is 99.3 Å². The van der Waals surface area contributed by atoms with E-state index in [-0.39, 0.29) is 12.4 Å². The van der Waals surface area contributed by atoms with Crippen molar-refractivity contribution in [1.29, 1.82) is 0 Å². The minimum absolute atomic E-state index is 0.00188. The Hall–Kier alpha value is -3.58. The lowest BCUT2D eigenvalue weighted by molar-refractivity contribution is -0.146. The van der Waals surface area contributed by atoms with Crippen LogP contribution in [-0.4, -0.2) is 56.7 Å². The highest BCUT2D eigenvalue weighted by Crippen LogP contribution is 2.46. The third-order valence-electron chi connectivity index (χ3n) is 5.77. The second kappa shape index (κ2) is 12.5. The zero-order valence-electron chi connectivity index (χ0n) is 20.8. The maximum atomic E-state index is 13.7. The molecule has 13 nitrogen and oxygen atoms in total. The van der Waals surface area contributed by atoms with Crippen molar-refractivity contribution < 1.29 is 38.1 Å². The Balaban J connectivity index is 1.45. The minimum atomic E-state index is -4.29. The van der Waals surface area contributed by atoms with E-state index >= 15 is 0 Å². The van der Waals surface area contributed by atoms with Crippen molar-refractivity contribution in [1.82, 2.24) is 14.6 Å². The Bertz CT molecular complexity index is 1410. The maximum Gasteiger partial charge on any atom is 0.459 e. The molecule has 1 aliphatic heterocycles. The van der Waals surface area contributed by atoms with Gasteiger partial charge in [0.05, 0.1) is 6.61 Å². The average Bonchev–Trinajstić information content (AvgIpc) is 3.20. The van der Waals surface area contributed by atoms with Crippen LogP contribution < -0.4 is 20.9 Å². The largest absolute Gasteiger partial charge is 0.460 e. The minimum Gasteiger partial charge on any atom is -0.460 e. The summed E-state index contributed by atoms with van der Waals surface area (Å²) >= 11 is 0. The van der Waals surface area contributed by atoms with Gasteiger partial charge in [0.2, 0.25) is 0 Å². The molecule has 2 heterocycles. The fraction of sp³-hybridized carbons (Fsp3) is 0.320. The molecule has 0 amide bonds. The van der Waals surface area contributed by atoms with Crippen LogP contribution in [0.4, 0.5) is 0 Å². The molecular formula is C25H28N3O10P. The van der Waals surface area contributed by atoms with E-state index in [9.17, 15) is 29.2 Å². The standard InChI is InChI=1S/C25H28N3O10P/c1-16(24(32)35-14-17-8-4-2-5-9-17)27-39(34,38-18-10-6-3-7-11-18)36-15-19-21(30)22(31)23(37-19)28-13-12-20(29)26-25(28)33/h2-13,16,19,21-23,30-31H,14-15H2,1H3,(H,27,34)(H,26,29,33)/t16-,19-,21-,22+,23-,39?/m1/s1. The van der Waals surface area contributed by atoms with Gasteiger partial charge in [-0.3, -0.25) is 23.7 Å². The van der Waals surface area contributed by atoms with Gasteiger partial charge in [-0.25, -0.2) is 9.36 Å². The van der Waals surface area contributed by atoms with Gasteiger partial charge in [-0.05, 0) is 24.6 Å². The second-order valence-electron chi connectivity index (χ2n) is 8.71. The summed E-state index contributed by atoms with van der Waals surface area (Å²) in [6.07, 6.45) is -4.62. The lowest BCUT2D eigenvalue weighted by Gasteiger charge is -2.24. The molecule has 1 unspecified atom stereocenters. The highest BCUT2D eigenvalue weighted by atomic mass is 31.2. The zero-order chi connectivity index (χ0) is 28.0. The normalized spacial score (nSPS) is 23.1. The molecule has 208 valence electrons. The summed E-state index contributed by atoms with van der Waals surface area (Å²) < 4.78 is 36.6. The molecule has 3 aromatic rings. The smallest absolute Gasteiger partial charge is 0.459 e. The van der Waals surface area contributed by atoms with Crippen LogP contribution in [0.5, 0.6) is 5.75 Å². The summed E-state index contributed by atoms with van der Waals surface area (Å²) in [4.78, 5) is 38.1. The summed E-state index contributed by atoms with van der Waals surface area (Å²) in [5.41, 5.74) is -0.742. The third-order valence-corrected chi connectivity index (χ3v) is 7.41. The Morgan fingerprint density at radius 2 is 1.74 bits per heavy atom. The molecular weight excluding hydrogens is 533 g/mol. The van der Waals surface area contributed by atoms with Gasteiger partial charge in [-0.15, -0.1) is 0 Å². The van der Waals surface area contributed by atoms with Gasteiger partial charge in [0.25, 0.3) is 5.56 Å². The van der Waals surface area contributed by atoms with Crippen LogP contribution in [0.3, 0.4) is 0 Å². The predicted molar refractivity (Wildman–Crippen MR) is 137 cm³/mol. The molecule has 4 N–H and O–H groups in total. The number of carbonyl (C=O) groups is 1. The second-order valence-corrected chi connectivity index (χ2v) is 10.4. The quantitative estimate of drug-likeness (QED) is 0.194. The van der Waals surface area contributed by atoms with Crippen molar-refractivity contribution in [3.8, 4) is 5.75 Å². The van der Waals surface area contributed by atoms with Crippen molar-refractivity contribution in [2.24, 2.45) is 0 Å². The number of aromatic nitrogens is 2. The number of para-hydroxylation sites is 1. The van der Waals surface area contributed by atoms with E-state index in [2.05, 4.69) is 5.09 Å². The van der Waals surface area contributed by atoms with Gasteiger partial charge in [0.1, 0.15) is 36.7 Å². The van der Waals surface area contributed by atoms with Crippen molar-refractivity contribution in [2.75, 3.05) is 6.61 Å². The van der Waals surface area contributed by atoms with Crippen LogP contribution in [0.25, 0.3) is 0 Å². The summed E-state index contributed by atoms with van der Waals surface area (Å²) in [6.45, 7) is 0.860. The fourth-order valence-electron chi connectivity index (χ4n) is 3.75. The molecule has 0 aliphatic carbocycles. The first-order valence-corrected chi connectivity index (χ1v) is 13.5. The number of benzene rings is 2. The number of hydrogen-bond donors (Lipinski definition) is 4. The van der Waals surface area contributed by atoms with Crippen LogP contribution in [0.1, 0.15) is 18.7 Å². The first-order chi connectivity index (χ1) is 18.6. The molecule has 1 saturated heterocycles. The van der Waals surface area contributed by atoms with Crippen LogP contribution in [0.2, 0.25) is 0 Å². The maximum absolute atomic E-state index is 13.7. The summed E-state index contributed by atoms with van der Waals surface area (Å²) in [7, 11) is -4.29. The predicted octanol–water partition coefficient (Wildman–Crippen LogP) is 1.08. The monoisotopic (exact) mass is 561 g/mol. The Labute approximate surface area is 222 Å². The van der Waals surface area contributed by atoms with Gasteiger partial charge in [0.15, 0.2) is 6.23 Å². The highest BCUT2D eigenvalue weighted by molar-refractivity contribution is 7.52. The van der Waals surface area contributed by atoms with Gasteiger partial charge in [0, 0.05) is 12.3 Å². The highest BCUT2D eigenvalue weighted by Gasteiger charge is 2.45. The lowest BCUT2D eigenvalue weighted by Crippen LogP contribution is -2.38. The number of nitrogens with one attached hydrogen (secondary N) is 2. The van der Waals surface area contributed by atoms with Gasteiger partial charge >= 0.3 is 19.4 Å². The van der Waals surface area contributed by atoms with Crippen molar-refractivity contribution in [3.63, 3.8) is 0 Å². The number of ether oxygens (including phenoxy) is 2. The van der Waals surface area contributed by atoms with E-state index in [0.717, 1.165) is 22.4 Å². The number of carbonyl (C=O) groups excluding carboxylic acids is 1. The molecule has 39 heavy (non-hydrogen) atoms. The topological polar surface area (TPSA) is 178 Å². The molecule has 0 spiro atoms. The molecule has 1 fully saturated rings. The third kappa shape index (κ3) is 7.30. The molecule has 0 bridgehead atoms. The number of rotatable bonds is 11.